The quantitative estimate of drug-likeness (QED) is 0.0891. The second-order valence-corrected chi connectivity index (χ2v) is 31.8. The molecule has 0 heterocycles. The molecule has 0 fully saturated rings. The molecule has 0 nitrogen and oxygen atoms in total. The fourth-order valence-electron chi connectivity index (χ4n) is 10.4. The van der Waals surface area contributed by atoms with E-state index in [4.69, 9.17) is 0 Å². The van der Waals surface area contributed by atoms with Crippen LogP contribution in [0.1, 0.15) is 199 Å². The molecular formula is C36H80P2. The first-order chi connectivity index (χ1) is 17.7. The Morgan fingerprint density at radius 3 is 0.737 bits per heavy atom. The average molecular weight is 575 g/mol. The van der Waals surface area contributed by atoms with Gasteiger partial charge in [-0.25, -0.2) is 0 Å². The Morgan fingerprint density at radius 1 is 0.316 bits per heavy atom. The molecule has 0 rings (SSSR count). The van der Waals surface area contributed by atoms with E-state index < -0.39 is 13.9 Å². The Kier molecular flexibility index (Phi) is 19.6. The summed E-state index contributed by atoms with van der Waals surface area (Å²) in [6, 6.07) is 0. The van der Waals surface area contributed by atoms with Crippen molar-refractivity contribution in [3.8, 4) is 0 Å². The van der Waals surface area contributed by atoms with Gasteiger partial charge in [-0.15, -0.1) is 0 Å². The summed E-state index contributed by atoms with van der Waals surface area (Å²) in [6.45, 7) is 28.1. The van der Waals surface area contributed by atoms with Crippen molar-refractivity contribution in [3.63, 3.8) is 0 Å². The SMILES string of the molecule is CCCCCCCC[PH](CCCCCCCC)(CCCCCCCC)[PH](C(C)(C)C)(C(C)(C)C)C(C)(C)C. The van der Waals surface area contributed by atoms with Crippen LogP contribution in [0.15, 0.2) is 0 Å². The van der Waals surface area contributed by atoms with Crippen molar-refractivity contribution in [3.05, 3.63) is 0 Å². The average Bonchev–Trinajstić information content (AvgIpc) is 2.78. The predicted molar refractivity (Wildman–Crippen MR) is 191 cm³/mol. The summed E-state index contributed by atoms with van der Waals surface area (Å²) in [5, 5.41) is 1.34. The van der Waals surface area contributed by atoms with Crippen molar-refractivity contribution in [1.29, 1.82) is 0 Å². The van der Waals surface area contributed by atoms with Gasteiger partial charge in [-0.1, -0.05) is 0 Å². The van der Waals surface area contributed by atoms with Crippen LogP contribution in [-0.2, 0) is 0 Å². The monoisotopic (exact) mass is 575 g/mol. The molecule has 0 spiro atoms. The third-order valence-electron chi connectivity index (χ3n) is 10.2. The Labute approximate surface area is 246 Å². The molecule has 0 aliphatic heterocycles. The summed E-state index contributed by atoms with van der Waals surface area (Å²) in [5.41, 5.74) is 0. The van der Waals surface area contributed by atoms with Gasteiger partial charge in [0.15, 0.2) is 0 Å². The maximum atomic E-state index is 2.71. The van der Waals surface area contributed by atoms with Gasteiger partial charge in [0.25, 0.3) is 0 Å². The van der Waals surface area contributed by atoms with E-state index in [1.165, 1.54) is 116 Å². The molecule has 0 amide bonds. The maximum absolute atomic E-state index is 2.71. The van der Waals surface area contributed by atoms with E-state index >= 15 is 0 Å². The molecule has 234 valence electrons. The van der Waals surface area contributed by atoms with Gasteiger partial charge in [0.2, 0.25) is 0 Å². The normalized spacial score (nSPS) is 14.7. The van der Waals surface area contributed by atoms with E-state index in [2.05, 4.69) is 83.1 Å². The molecule has 0 aliphatic rings. The first kappa shape index (κ1) is 38.9. The van der Waals surface area contributed by atoms with Crippen molar-refractivity contribution >= 4 is 13.9 Å². The van der Waals surface area contributed by atoms with Gasteiger partial charge >= 0.3 is 247 Å². The van der Waals surface area contributed by atoms with Crippen molar-refractivity contribution < 1.29 is 0 Å². The first-order valence-corrected chi connectivity index (χ1v) is 23.3. The fourth-order valence-corrected chi connectivity index (χ4v) is 45.9. The summed E-state index contributed by atoms with van der Waals surface area (Å²) < 4.78 is 0. The minimum atomic E-state index is -1.77. The zero-order valence-electron chi connectivity index (χ0n) is 29.3. The van der Waals surface area contributed by atoms with E-state index in [-0.39, 0.29) is 0 Å². The van der Waals surface area contributed by atoms with Gasteiger partial charge < -0.3 is 0 Å². The molecule has 0 saturated carbocycles. The van der Waals surface area contributed by atoms with Crippen molar-refractivity contribution in [2.45, 2.75) is 214 Å². The van der Waals surface area contributed by atoms with Gasteiger partial charge in [-0.2, -0.15) is 0 Å². The van der Waals surface area contributed by atoms with Gasteiger partial charge in [0.05, 0.1) is 0 Å². The second kappa shape index (κ2) is 19.1. The molecule has 0 radical (unpaired) electrons. The predicted octanol–water partition coefficient (Wildman–Crippen LogP) is 13.9. The number of rotatable bonds is 22. The van der Waals surface area contributed by atoms with Crippen LogP contribution in [0.3, 0.4) is 0 Å². The molecule has 0 atom stereocenters. The minimum absolute atomic E-state index is 0.447. The van der Waals surface area contributed by atoms with E-state index in [1.807, 2.05) is 0 Å². The van der Waals surface area contributed by atoms with Gasteiger partial charge in [0, 0.05) is 0 Å². The van der Waals surface area contributed by atoms with Crippen LogP contribution in [0.4, 0.5) is 0 Å². The van der Waals surface area contributed by atoms with Gasteiger partial charge in [-0.05, 0) is 0 Å². The molecule has 0 aromatic rings. The number of hydrogen-bond donors (Lipinski definition) is 0. The standard InChI is InChI=1S/C36H80P2/c1-13-16-19-22-25-28-31-37(32-29-26-23-20-17-14-2,33-30-27-24-21-18-15-3)38(34(4,5)6,35(7,8)9)36(10,11)12/h37-38H,13-33H2,1-12H3. The van der Waals surface area contributed by atoms with E-state index in [9.17, 15) is 0 Å². The number of hydrogen-bond acceptors (Lipinski definition) is 0. The molecule has 0 bridgehead atoms. The van der Waals surface area contributed by atoms with Crippen molar-refractivity contribution in [2.24, 2.45) is 0 Å². The molecule has 0 N–H and O–H groups in total. The summed E-state index contributed by atoms with van der Waals surface area (Å²) in [4.78, 5) is 0. The van der Waals surface area contributed by atoms with Crippen LogP contribution < -0.4 is 0 Å². The number of unbranched alkanes of at least 4 members (excludes halogenated alkanes) is 15. The molecule has 0 saturated heterocycles. The Balaban J connectivity index is 6.44. The summed E-state index contributed by atoms with van der Waals surface area (Å²) in [5.74, 6) is 0. The third-order valence-corrected chi connectivity index (χ3v) is 36.2. The molecule has 0 aromatic heterocycles. The Morgan fingerprint density at radius 2 is 0.526 bits per heavy atom. The van der Waals surface area contributed by atoms with Crippen LogP contribution in [0.25, 0.3) is 0 Å². The van der Waals surface area contributed by atoms with E-state index in [0.29, 0.717) is 15.5 Å². The first-order valence-electron chi connectivity index (χ1n) is 17.7. The van der Waals surface area contributed by atoms with Crippen LogP contribution in [0.5, 0.6) is 0 Å². The van der Waals surface area contributed by atoms with E-state index in [1.54, 1.807) is 18.5 Å². The second-order valence-electron chi connectivity index (χ2n) is 16.3. The van der Waals surface area contributed by atoms with E-state index in [0.717, 1.165) is 0 Å². The van der Waals surface area contributed by atoms with Crippen molar-refractivity contribution in [2.75, 3.05) is 18.5 Å². The van der Waals surface area contributed by atoms with Gasteiger partial charge in [0.1, 0.15) is 0 Å². The molecule has 2 heteroatoms. The zero-order valence-corrected chi connectivity index (χ0v) is 31.3. The fraction of sp³-hybridized carbons (Fsp3) is 1.00. The summed E-state index contributed by atoms with van der Waals surface area (Å²) in [7, 11) is 0. The zero-order chi connectivity index (χ0) is 29.3. The molecule has 0 aliphatic carbocycles. The summed E-state index contributed by atoms with van der Waals surface area (Å²) in [6.07, 6.45) is 31.2. The topological polar surface area (TPSA) is 0 Å². The molecular weight excluding hydrogens is 494 g/mol. The van der Waals surface area contributed by atoms with Crippen LogP contribution in [0.2, 0.25) is 0 Å². The molecule has 0 unspecified atom stereocenters. The third kappa shape index (κ3) is 11.6. The molecule has 38 heavy (non-hydrogen) atoms. The molecule has 0 aromatic carbocycles. The van der Waals surface area contributed by atoms with Crippen LogP contribution >= 0.6 is 13.9 Å². The Hall–Kier alpha value is 0.860. The van der Waals surface area contributed by atoms with Crippen molar-refractivity contribution in [1.82, 2.24) is 0 Å². The Bertz CT molecular complexity index is 481. The summed E-state index contributed by atoms with van der Waals surface area (Å²) >= 11 is 0. The van der Waals surface area contributed by atoms with Gasteiger partial charge in [-0.3, -0.25) is 0 Å². The van der Waals surface area contributed by atoms with Crippen LogP contribution in [-0.4, -0.2) is 34.0 Å². The van der Waals surface area contributed by atoms with Crippen LogP contribution in [0, 0.1) is 0 Å².